The van der Waals surface area contributed by atoms with Gasteiger partial charge in [0.05, 0.1) is 6.54 Å². The number of nitrogens with two attached hydrogens (primary N) is 1. The molecule has 0 atom stereocenters. The normalized spacial score (nSPS) is 11.2. The van der Waals surface area contributed by atoms with Crippen LogP contribution in [0.4, 0.5) is 5.69 Å². The van der Waals surface area contributed by atoms with Crippen molar-refractivity contribution in [2.24, 2.45) is 10.7 Å². The molecule has 0 heterocycles. The van der Waals surface area contributed by atoms with E-state index in [-0.39, 0.29) is 5.91 Å². The lowest BCUT2D eigenvalue weighted by molar-refractivity contribution is 0.0963. The van der Waals surface area contributed by atoms with Gasteiger partial charge in [-0.1, -0.05) is 18.2 Å². The second-order valence-electron chi connectivity index (χ2n) is 5.48. The van der Waals surface area contributed by atoms with E-state index in [2.05, 4.69) is 21.7 Å². The van der Waals surface area contributed by atoms with Crippen LogP contribution in [-0.4, -0.2) is 18.9 Å². The van der Waals surface area contributed by atoms with E-state index < -0.39 is 0 Å². The summed E-state index contributed by atoms with van der Waals surface area (Å²) in [7, 11) is 1.61. The number of aryl methyl sites for hydroxylation is 2. The summed E-state index contributed by atoms with van der Waals surface area (Å²) in [6.07, 6.45) is 0. The van der Waals surface area contributed by atoms with Gasteiger partial charge in [0.2, 0.25) is 0 Å². The van der Waals surface area contributed by atoms with Crippen LogP contribution in [-0.2, 0) is 6.54 Å². The monoisotopic (exact) mass is 310 g/mol. The molecule has 23 heavy (non-hydrogen) atoms. The minimum Gasteiger partial charge on any atom is -0.370 e. The quantitative estimate of drug-likeness (QED) is 0.600. The molecule has 4 N–H and O–H groups in total. The lowest BCUT2D eigenvalue weighted by atomic mass is 10.1. The maximum atomic E-state index is 11.5. The molecule has 0 unspecified atom stereocenters. The number of hydrogen-bond donors (Lipinski definition) is 3. The number of guanidine groups is 1. The summed E-state index contributed by atoms with van der Waals surface area (Å²) in [5.74, 6) is 0.265. The van der Waals surface area contributed by atoms with Gasteiger partial charge in [0.25, 0.3) is 5.91 Å². The number of nitrogens with zero attached hydrogens (tertiary/aromatic N) is 1. The van der Waals surface area contributed by atoms with Gasteiger partial charge in [0.1, 0.15) is 0 Å². The lowest BCUT2D eigenvalue weighted by Crippen LogP contribution is -2.22. The largest absolute Gasteiger partial charge is 0.370 e. The summed E-state index contributed by atoms with van der Waals surface area (Å²) < 4.78 is 0. The Morgan fingerprint density at radius 3 is 2.26 bits per heavy atom. The van der Waals surface area contributed by atoms with Crippen LogP contribution in [0.15, 0.2) is 47.5 Å². The zero-order valence-electron chi connectivity index (χ0n) is 13.7. The van der Waals surface area contributed by atoms with Gasteiger partial charge in [-0.2, -0.15) is 0 Å². The topological polar surface area (TPSA) is 79.5 Å². The molecule has 5 heteroatoms. The summed E-state index contributed by atoms with van der Waals surface area (Å²) >= 11 is 0. The minimum absolute atomic E-state index is 0.101. The summed E-state index contributed by atoms with van der Waals surface area (Å²) in [6.45, 7) is 4.54. The van der Waals surface area contributed by atoms with Crippen LogP contribution < -0.4 is 16.4 Å². The molecule has 2 aromatic rings. The first kappa shape index (κ1) is 16.5. The zero-order valence-corrected chi connectivity index (χ0v) is 13.7. The van der Waals surface area contributed by atoms with Crippen molar-refractivity contribution < 1.29 is 4.79 Å². The number of aliphatic imine (C=N–C) groups is 1. The van der Waals surface area contributed by atoms with E-state index in [9.17, 15) is 4.79 Å². The number of carbonyl (C=O) groups excluding carboxylic acids is 1. The molecule has 1 amide bonds. The lowest BCUT2D eigenvalue weighted by Gasteiger charge is -2.08. The number of rotatable bonds is 4. The van der Waals surface area contributed by atoms with Crippen molar-refractivity contribution in [2.45, 2.75) is 20.4 Å². The fourth-order valence-electron chi connectivity index (χ4n) is 2.32. The van der Waals surface area contributed by atoms with Crippen LogP contribution in [0.5, 0.6) is 0 Å². The highest BCUT2D eigenvalue weighted by Gasteiger charge is 2.02. The Balaban J connectivity index is 2.00. The highest BCUT2D eigenvalue weighted by atomic mass is 16.1. The van der Waals surface area contributed by atoms with Crippen molar-refractivity contribution >= 4 is 17.6 Å². The van der Waals surface area contributed by atoms with E-state index in [1.807, 2.05) is 38.1 Å². The number of amides is 1. The Bertz CT molecular complexity index is 700. The Morgan fingerprint density at radius 1 is 1.09 bits per heavy atom. The Hall–Kier alpha value is -2.82. The van der Waals surface area contributed by atoms with Crippen molar-refractivity contribution in [2.75, 3.05) is 12.4 Å². The van der Waals surface area contributed by atoms with Crippen molar-refractivity contribution in [3.63, 3.8) is 0 Å². The van der Waals surface area contributed by atoms with Crippen LogP contribution in [0.2, 0.25) is 0 Å². The van der Waals surface area contributed by atoms with Gasteiger partial charge < -0.3 is 16.4 Å². The predicted octanol–water partition coefficient (Wildman–Crippen LogP) is 2.59. The summed E-state index contributed by atoms with van der Waals surface area (Å²) in [6, 6.07) is 13.4. The first-order chi connectivity index (χ1) is 11.0. The third-order valence-electron chi connectivity index (χ3n) is 3.37. The summed E-state index contributed by atoms with van der Waals surface area (Å²) in [5, 5.41) is 5.69. The highest BCUT2D eigenvalue weighted by Crippen LogP contribution is 2.13. The van der Waals surface area contributed by atoms with Gasteiger partial charge in [0.15, 0.2) is 5.96 Å². The number of carbonyl (C=O) groups is 1. The van der Waals surface area contributed by atoms with Gasteiger partial charge >= 0.3 is 0 Å². The maximum Gasteiger partial charge on any atom is 0.251 e. The molecule has 0 bridgehead atoms. The van der Waals surface area contributed by atoms with Gasteiger partial charge in [0, 0.05) is 18.3 Å². The molecule has 0 spiro atoms. The molecule has 2 aromatic carbocycles. The van der Waals surface area contributed by atoms with Gasteiger partial charge in [-0.15, -0.1) is 0 Å². The fourth-order valence-corrected chi connectivity index (χ4v) is 2.32. The Morgan fingerprint density at radius 2 is 1.70 bits per heavy atom. The average molecular weight is 310 g/mol. The molecule has 0 saturated heterocycles. The second kappa shape index (κ2) is 7.45. The van der Waals surface area contributed by atoms with Crippen molar-refractivity contribution in [1.29, 1.82) is 0 Å². The average Bonchev–Trinajstić information content (AvgIpc) is 2.51. The van der Waals surface area contributed by atoms with E-state index in [1.165, 1.54) is 11.1 Å². The summed E-state index contributed by atoms with van der Waals surface area (Å²) in [4.78, 5) is 15.8. The van der Waals surface area contributed by atoms with E-state index in [4.69, 9.17) is 5.73 Å². The number of anilines is 1. The van der Waals surface area contributed by atoms with Crippen LogP contribution >= 0.6 is 0 Å². The molecule has 2 rings (SSSR count). The zero-order chi connectivity index (χ0) is 16.8. The van der Waals surface area contributed by atoms with E-state index in [0.29, 0.717) is 18.1 Å². The fraction of sp³-hybridized carbons (Fsp3) is 0.222. The third-order valence-corrected chi connectivity index (χ3v) is 3.37. The van der Waals surface area contributed by atoms with E-state index >= 15 is 0 Å². The van der Waals surface area contributed by atoms with Gasteiger partial charge in [-0.25, -0.2) is 4.99 Å². The molecule has 0 aliphatic heterocycles. The Labute approximate surface area is 136 Å². The molecular formula is C18H22N4O. The van der Waals surface area contributed by atoms with Crippen molar-refractivity contribution in [1.82, 2.24) is 5.32 Å². The standard InChI is InChI=1S/C18H22N4O/c1-12-8-13(2)10-16(9-12)22-18(19)21-11-14-4-6-15(7-5-14)17(23)20-3/h4-10H,11H2,1-3H3,(H,20,23)(H3,19,21,22). The number of benzene rings is 2. The molecule has 0 aromatic heterocycles. The third kappa shape index (κ3) is 4.85. The maximum absolute atomic E-state index is 11.5. The first-order valence-corrected chi connectivity index (χ1v) is 7.44. The SMILES string of the molecule is CNC(=O)c1ccc(CN=C(N)Nc2cc(C)cc(C)c2)cc1. The summed E-state index contributed by atoms with van der Waals surface area (Å²) in [5.41, 5.74) is 10.8. The van der Waals surface area contributed by atoms with Crippen LogP contribution in [0.25, 0.3) is 0 Å². The van der Waals surface area contributed by atoms with Crippen molar-refractivity contribution in [3.8, 4) is 0 Å². The number of nitrogens with one attached hydrogen (secondary N) is 2. The number of hydrogen-bond acceptors (Lipinski definition) is 2. The van der Waals surface area contributed by atoms with E-state index in [1.54, 1.807) is 19.2 Å². The van der Waals surface area contributed by atoms with E-state index in [0.717, 1.165) is 11.3 Å². The molecule has 0 aliphatic carbocycles. The smallest absolute Gasteiger partial charge is 0.251 e. The Kier molecular flexibility index (Phi) is 5.36. The molecule has 120 valence electrons. The second-order valence-corrected chi connectivity index (χ2v) is 5.48. The minimum atomic E-state index is -0.101. The predicted molar refractivity (Wildman–Crippen MR) is 94.7 cm³/mol. The molecule has 0 aliphatic rings. The van der Waals surface area contributed by atoms with Crippen LogP contribution in [0.3, 0.4) is 0 Å². The first-order valence-electron chi connectivity index (χ1n) is 7.44. The molecule has 0 saturated carbocycles. The van der Waals surface area contributed by atoms with Crippen molar-refractivity contribution in [3.05, 3.63) is 64.7 Å². The van der Waals surface area contributed by atoms with Crippen LogP contribution in [0, 0.1) is 13.8 Å². The highest BCUT2D eigenvalue weighted by molar-refractivity contribution is 5.94. The molecule has 0 radical (unpaired) electrons. The van der Waals surface area contributed by atoms with Gasteiger partial charge in [-0.3, -0.25) is 4.79 Å². The molecule has 0 fully saturated rings. The van der Waals surface area contributed by atoms with Gasteiger partial charge in [-0.05, 0) is 54.8 Å². The molecular weight excluding hydrogens is 288 g/mol. The molecule has 5 nitrogen and oxygen atoms in total. The van der Waals surface area contributed by atoms with Crippen LogP contribution in [0.1, 0.15) is 27.0 Å².